The molecule has 0 aliphatic rings. The van der Waals surface area contributed by atoms with Crippen LogP contribution in [0.1, 0.15) is 258 Å². The minimum absolute atomic E-state index is 0.0632. The first-order valence-electron chi connectivity index (χ1n) is 23.0. The summed E-state index contributed by atoms with van der Waals surface area (Å²) in [5.74, 6) is -0.858. The van der Waals surface area contributed by atoms with Crippen molar-refractivity contribution in [2.45, 2.75) is 264 Å². The molecule has 0 heterocycles. The van der Waals surface area contributed by atoms with Gasteiger partial charge in [0.2, 0.25) is 0 Å². The van der Waals surface area contributed by atoms with Crippen molar-refractivity contribution < 1.29 is 28.6 Å². The minimum atomic E-state index is -0.756. The van der Waals surface area contributed by atoms with Gasteiger partial charge in [-0.05, 0) is 19.3 Å². The molecule has 0 saturated carbocycles. The van der Waals surface area contributed by atoms with E-state index >= 15 is 0 Å². The molecule has 1 atom stereocenters. The molecule has 0 aliphatic heterocycles. The average Bonchev–Trinajstić information content (AvgIpc) is 3.14. The normalized spacial score (nSPS) is 11.8. The number of esters is 3. The number of ether oxygens (including phenoxy) is 3. The highest BCUT2D eigenvalue weighted by Gasteiger charge is 2.19. The third-order valence-electron chi connectivity index (χ3n) is 10.4. The van der Waals surface area contributed by atoms with E-state index in [0.717, 1.165) is 57.8 Å². The smallest absolute Gasteiger partial charge is 0.306 e. The maximum absolute atomic E-state index is 12.6. The van der Waals surface area contributed by atoms with Gasteiger partial charge in [0, 0.05) is 19.3 Å². The van der Waals surface area contributed by atoms with E-state index in [9.17, 15) is 14.4 Å². The SMILES string of the molecule is CCCCCCCCCCCCCCCCCCCC(=O)OCC(COC(=O)CCCCCCCCCC)OC(=O)CCCCCCCCCCC. The zero-order valence-electron chi connectivity index (χ0n) is 35.1. The molecule has 0 fully saturated rings. The molecule has 1 unspecified atom stereocenters. The molecule has 0 N–H and O–H groups in total. The van der Waals surface area contributed by atoms with Gasteiger partial charge in [-0.25, -0.2) is 0 Å². The fraction of sp³-hybridized carbons (Fsp3) is 0.935. The number of hydrogen-bond acceptors (Lipinski definition) is 6. The van der Waals surface area contributed by atoms with Gasteiger partial charge in [0.25, 0.3) is 0 Å². The Hall–Kier alpha value is -1.59. The van der Waals surface area contributed by atoms with E-state index in [4.69, 9.17) is 14.2 Å². The van der Waals surface area contributed by atoms with Crippen molar-refractivity contribution in [2.24, 2.45) is 0 Å². The molecule has 0 saturated heterocycles. The standard InChI is InChI=1S/C46H88O6/c1-4-7-10-13-16-19-20-21-22-23-24-25-26-28-30-33-36-39-45(48)51-42-43(41-50-44(47)38-35-32-29-18-15-12-9-6-3)52-46(49)40-37-34-31-27-17-14-11-8-5-2/h43H,4-42H2,1-3H3. The van der Waals surface area contributed by atoms with Crippen LogP contribution in [0.2, 0.25) is 0 Å². The second kappa shape index (κ2) is 42.2. The summed E-state index contributed by atoms with van der Waals surface area (Å²) in [5.41, 5.74) is 0. The summed E-state index contributed by atoms with van der Waals surface area (Å²) < 4.78 is 16.7. The molecule has 6 heteroatoms. The van der Waals surface area contributed by atoms with Gasteiger partial charge < -0.3 is 14.2 Å². The van der Waals surface area contributed by atoms with Crippen molar-refractivity contribution in [3.05, 3.63) is 0 Å². The van der Waals surface area contributed by atoms with E-state index in [0.29, 0.717) is 19.3 Å². The topological polar surface area (TPSA) is 78.9 Å². The summed E-state index contributed by atoms with van der Waals surface area (Å²) in [6, 6.07) is 0. The first-order valence-corrected chi connectivity index (χ1v) is 23.0. The van der Waals surface area contributed by atoms with Gasteiger partial charge in [-0.15, -0.1) is 0 Å². The zero-order valence-corrected chi connectivity index (χ0v) is 35.1. The van der Waals surface area contributed by atoms with Crippen LogP contribution in [-0.4, -0.2) is 37.2 Å². The Morgan fingerprint density at radius 2 is 0.519 bits per heavy atom. The largest absolute Gasteiger partial charge is 0.462 e. The second-order valence-corrected chi connectivity index (χ2v) is 15.7. The van der Waals surface area contributed by atoms with E-state index in [2.05, 4.69) is 20.8 Å². The van der Waals surface area contributed by atoms with Gasteiger partial charge >= 0.3 is 17.9 Å². The molecule has 0 aliphatic carbocycles. The number of carbonyl (C=O) groups excluding carboxylic acids is 3. The minimum Gasteiger partial charge on any atom is -0.462 e. The van der Waals surface area contributed by atoms with Gasteiger partial charge in [0.05, 0.1) is 0 Å². The lowest BCUT2D eigenvalue weighted by Crippen LogP contribution is -2.30. The zero-order chi connectivity index (χ0) is 38.0. The summed E-state index contributed by atoms with van der Waals surface area (Å²) in [6.07, 6.45) is 42.4. The van der Waals surface area contributed by atoms with Crippen molar-refractivity contribution in [1.29, 1.82) is 0 Å². The van der Waals surface area contributed by atoms with Crippen LogP contribution in [0.3, 0.4) is 0 Å². The van der Waals surface area contributed by atoms with Crippen molar-refractivity contribution in [1.82, 2.24) is 0 Å². The Bertz CT molecular complexity index is 768. The average molecular weight is 737 g/mol. The summed E-state index contributed by atoms with van der Waals surface area (Å²) in [7, 11) is 0. The Balaban J connectivity index is 4.19. The van der Waals surface area contributed by atoms with Gasteiger partial charge in [0.15, 0.2) is 6.10 Å². The maximum Gasteiger partial charge on any atom is 0.306 e. The molecule has 0 aromatic heterocycles. The maximum atomic E-state index is 12.6. The van der Waals surface area contributed by atoms with E-state index in [1.165, 1.54) is 161 Å². The van der Waals surface area contributed by atoms with E-state index < -0.39 is 6.10 Å². The highest BCUT2D eigenvalue weighted by atomic mass is 16.6. The van der Waals surface area contributed by atoms with E-state index in [-0.39, 0.29) is 31.1 Å². The number of rotatable bonds is 42. The Labute approximate surface area is 323 Å². The van der Waals surface area contributed by atoms with Gasteiger partial charge in [-0.1, -0.05) is 220 Å². The Kier molecular flexibility index (Phi) is 40.9. The van der Waals surface area contributed by atoms with Gasteiger partial charge in [-0.3, -0.25) is 14.4 Å². The molecule has 0 spiro atoms. The first-order chi connectivity index (χ1) is 25.5. The van der Waals surface area contributed by atoms with Crippen LogP contribution < -0.4 is 0 Å². The summed E-state index contributed by atoms with van der Waals surface area (Å²) in [6.45, 7) is 6.61. The Morgan fingerprint density at radius 1 is 0.308 bits per heavy atom. The van der Waals surface area contributed by atoms with Crippen molar-refractivity contribution in [3.63, 3.8) is 0 Å². The molecule has 0 aromatic rings. The van der Waals surface area contributed by atoms with Crippen LogP contribution in [-0.2, 0) is 28.6 Å². The van der Waals surface area contributed by atoms with Crippen molar-refractivity contribution >= 4 is 17.9 Å². The van der Waals surface area contributed by atoms with Crippen LogP contribution in [0.15, 0.2) is 0 Å². The fourth-order valence-electron chi connectivity index (χ4n) is 6.85. The highest BCUT2D eigenvalue weighted by molar-refractivity contribution is 5.71. The predicted octanol–water partition coefficient (Wildman–Crippen LogP) is 14.5. The van der Waals surface area contributed by atoms with Crippen molar-refractivity contribution in [2.75, 3.05) is 13.2 Å². The van der Waals surface area contributed by atoms with E-state index in [1.54, 1.807) is 0 Å². The third kappa shape index (κ3) is 39.6. The highest BCUT2D eigenvalue weighted by Crippen LogP contribution is 2.16. The van der Waals surface area contributed by atoms with Crippen LogP contribution in [0.25, 0.3) is 0 Å². The van der Waals surface area contributed by atoms with Crippen LogP contribution in [0.4, 0.5) is 0 Å². The molecule has 6 nitrogen and oxygen atoms in total. The molecule has 0 aromatic carbocycles. The lowest BCUT2D eigenvalue weighted by atomic mass is 10.0. The summed E-state index contributed by atoms with van der Waals surface area (Å²) in [5, 5.41) is 0. The lowest BCUT2D eigenvalue weighted by Gasteiger charge is -2.18. The van der Waals surface area contributed by atoms with Crippen LogP contribution in [0.5, 0.6) is 0 Å². The summed E-state index contributed by atoms with van der Waals surface area (Å²) >= 11 is 0. The fourth-order valence-corrected chi connectivity index (χ4v) is 6.85. The molecular weight excluding hydrogens is 648 g/mol. The second-order valence-electron chi connectivity index (χ2n) is 15.7. The molecule has 0 bridgehead atoms. The number of hydrogen-bond donors (Lipinski definition) is 0. The van der Waals surface area contributed by atoms with Crippen LogP contribution >= 0.6 is 0 Å². The molecule has 0 rings (SSSR count). The number of unbranched alkanes of at least 4 members (excludes halogenated alkanes) is 31. The van der Waals surface area contributed by atoms with Crippen molar-refractivity contribution in [3.8, 4) is 0 Å². The van der Waals surface area contributed by atoms with Gasteiger partial charge in [0.1, 0.15) is 13.2 Å². The quantitative estimate of drug-likeness (QED) is 0.0353. The molecular formula is C46H88O6. The lowest BCUT2D eigenvalue weighted by molar-refractivity contribution is -0.167. The third-order valence-corrected chi connectivity index (χ3v) is 10.4. The first kappa shape index (κ1) is 50.4. The van der Waals surface area contributed by atoms with Crippen LogP contribution in [0, 0.1) is 0 Å². The monoisotopic (exact) mass is 737 g/mol. The molecule has 0 radical (unpaired) electrons. The molecule has 52 heavy (non-hydrogen) atoms. The number of carbonyl (C=O) groups is 3. The molecule has 308 valence electrons. The van der Waals surface area contributed by atoms with Gasteiger partial charge in [-0.2, -0.15) is 0 Å². The van der Waals surface area contributed by atoms with E-state index in [1.807, 2.05) is 0 Å². The predicted molar refractivity (Wildman–Crippen MR) is 220 cm³/mol. The summed E-state index contributed by atoms with van der Waals surface area (Å²) in [4.78, 5) is 37.5. The molecule has 0 amide bonds. The Morgan fingerprint density at radius 3 is 0.769 bits per heavy atom.